The maximum atomic E-state index is 13.8. The standard InChI is InChI=1S/C31H31N3O4/c1-31(2,3)38-30(37)34-28(27(22-10-6-4-7-11-22)23-12-8-5-9-13-23)29(36)33-25-17-14-21(15-18-25)24-16-19-26(35)32-20-24/h4-20,27-28H,1-3H3,(H,32,35)(H,33,36)(H,34,37)/t28-/m0/s1. The Morgan fingerprint density at radius 3 is 1.82 bits per heavy atom. The molecule has 0 aliphatic rings. The lowest BCUT2D eigenvalue weighted by Crippen LogP contribution is -2.49. The van der Waals surface area contributed by atoms with Gasteiger partial charge in [0.15, 0.2) is 0 Å². The third kappa shape index (κ3) is 6.97. The zero-order chi connectivity index (χ0) is 27.1. The van der Waals surface area contributed by atoms with Gasteiger partial charge in [0, 0.05) is 23.9 Å². The van der Waals surface area contributed by atoms with Gasteiger partial charge in [-0.1, -0.05) is 72.8 Å². The Bertz CT molecular complexity index is 1370. The quantitative estimate of drug-likeness (QED) is 0.297. The molecule has 3 N–H and O–H groups in total. The number of hydrogen-bond donors (Lipinski definition) is 3. The number of rotatable bonds is 7. The van der Waals surface area contributed by atoms with Gasteiger partial charge in [0.05, 0.1) is 0 Å². The number of amides is 2. The minimum atomic E-state index is -0.964. The first-order chi connectivity index (χ1) is 18.2. The van der Waals surface area contributed by atoms with Gasteiger partial charge in [0.25, 0.3) is 0 Å². The molecule has 1 heterocycles. The van der Waals surface area contributed by atoms with E-state index in [-0.39, 0.29) is 11.5 Å². The summed E-state index contributed by atoms with van der Waals surface area (Å²) in [7, 11) is 0. The molecule has 1 atom stereocenters. The molecule has 0 bridgehead atoms. The van der Waals surface area contributed by atoms with Gasteiger partial charge in [-0.3, -0.25) is 9.59 Å². The molecule has 0 aliphatic heterocycles. The zero-order valence-corrected chi connectivity index (χ0v) is 21.6. The topological polar surface area (TPSA) is 100 Å². The van der Waals surface area contributed by atoms with Gasteiger partial charge in [0.2, 0.25) is 11.5 Å². The van der Waals surface area contributed by atoms with Gasteiger partial charge in [0.1, 0.15) is 11.6 Å². The Kier molecular flexibility index (Phi) is 8.06. The number of carbonyl (C=O) groups is 2. The van der Waals surface area contributed by atoms with Crippen molar-refractivity contribution in [1.29, 1.82) is 0 Å². The van der Waals surface area contributed by atoms with Crippen molar-refractivity contribution in [2.24, 2.45) is 0 Å². The van der Waals surface area contributed by atoms with E-state index >= 15 is 0 Å². The lowest BCUT2D eigenvalue weighted by Gasteiger charge is -2.29. The molecule has 38 heavy (non-hydrogen) atoms. The normalized spacial score (nSPS) is 12.0. The van der Waals surface area contributed by atoms with E-state index in [9.17, 15) is 14.4 Å². The lowest BCUT2D eigenvalue weighted by molar-refractivity contribution is -0.118. The summed E-state index contributed by atoms with van der Waals surface area (Å²) in [6.45, 7) is 5.33. The van der Waals surface area contributed by atoms with E-state index in [0.717, 1.165) is 22.3 Å². The van der Waals surface area contributed by atoms with Crippen LogP contribution in [0.5, 0.6) is 0 Å². The van der Waals surface area contributed by atoms with Gasteiger partial charge in [-0.15, -0.1) is 0 Å². The van der Waals surface area contributed by atoms with Crippen LogP contribution >= 0.6 is 0 Å². The molecule has 2 amide bonds. The number of benzene rings is 3. The Labute approximate surface area is 221 Å². The summed E-state index contributed by atoms with van der Waals surface area (Å²) in [6, 6.07) is 28.7. The second-order valence-corrected chi connectivity index (χ2v) is 9.93. The number of H-pyrrole nitrogens is 1. The number of pyridine rings is 1. The Morgan fingerprint density at radius 1 is 0.763 bits per heavy atom. The molecule has 1 aromatic heterocycles. The SMILES string of the molecule is CC(C)(C)OC(=O)N[C@H](C(=O)Nc1ccc(-c2ccc(=O)[nH]c2)cc1)C(c1ccccc1)c1ccccc1. The molecule has 7 heteroatoms. The first kappa shape index (κ1) is 26.4. The highest BCUT2D eigenvalue weighted by molar-refractivity contribution is 5.98. The van der Waals surface area contributed by atoms with E-state index in [2.05, 4.69) is 15.6 Å². The van der Waals surface area contributed by atoms with E-state index < -0.39 is 23.7 Å². The summed E-state index contributed by atoms with van der Waals surface area (Å²) in [6.07, 6.45) is 0.962. The van der Waals surface area contributed by atoms with Crippen molar-refractivity contribution in [2.75, 3.05) is 5.32 Å². The fourth-order valence-electron chi connectivity index (χ4n) is 4.19. The van der Waals surface area contributed by atoms with E-state index in [1.807, 2.05) is 72.8 Å². The average Bonchev–Trinajstić information content (AvgIpc) is 2.89. The van der Waals surface area contributed by atoms with Crippen LogP contribution in [0.25, 0.3) is 11.1 Å². The molecule has 7 nitrogen and oxygen atoms in total. The van der Waals surface area contributed by atoms with Gasteiger partial charge in [-0.25, -0.2) is 4.79 Å². The van der Waals surface area contributed by atoms with Crippen molar-refractivity contribution in [1.82, 2.24) is 10.3 Å². The van der Waals surface area contributed by atoms with Gasteiger partial charge in [-0.05, 0) is 61.2 Å². The minimum absolute atomic E-state index is 0.174. The fraction of sp³-hybridized carbons (Fsp3) is 0.194. The summed E-state index contributed by atoms with van der Waals surface area (Å²) in [4.78, 5) is 40.7. The minimum Gasteiger partial charge on any atom is -0.444 e. The highest BCUT2D eigenvalue weighted by atomic mass is 16.6. The highest BCUT2D eigenvalue weighted by Gasteiger charge is 2.34. The summed E-state index contributed by atoms with van der Waals surface area (Å²) >= 11 is 0. The molecule has 0 saturated heterocycles. The summed E-state index contributed by atoms with van der Waals surface area (Å²) in [5.74, 6) is -0.851. The maximum Gasteiger partial charge on any atom is 0.408 e. The van der Waals surface area contributed by atoms with Crippen molar-refractivity contribution in [3.8, 4) is 11.1 Å². The number of carbonyl (C=O) groups excluding carboxylic acids is 2. The molecule has 3 aromatic carbocycles. The molecule has 0 saturated carbocycles. The second-order valence-electron chi connectivity index (χ2n) is 9.93. The molecule has 0 radical (unpaired) electrons. The lowest BCUT2D eigenvalue weighted by atomic mass is 9.84. The largest absolute Gasteiger partial charge is 0.444 e. The number of anilines is 1. The Balaban J connectivity index is 1.65. The molecule has 194 valence electrons. The number of alkyl carbamates (subject to hydrolysis) is 1. The summed E-state index contributed by atoms with van der Waals surface area (Å²) < 4.78 is 5.51. The molecule has 4 rings (SSSR count). The average molecular weight is 510 g/mol. The van der Waals surface area contributed by atoms with Crippen LogP contribution in [0.4, 0.5) is 10.5 Å². The van der Waals surface area contributed by atoms with Crippen LogP contribution in [0.3, 0.4) is 0 Å². The molecule has 0 aliphatic carbocycles. The second kappa shape index (κ2) is 11.6. The van der Waals surface area contributed by atoms with Crippen LogP contribution in [0.1, 0.15) is 37.8 Å². The van der Waals surface area contributed by atoms with Gasteiger partial charge >= 0.3 is 6.09 Å². The van der Waals surface area contributed by atoms with Crippen molar-refractivity contribution in [3.05, 3.63) is 125 Å². The van der Waals surface area contributed by atoms with E-state index in [4.69, 9.17) is 4.74 Å². The predicted molar refractivity (Wildman–Crippen MR) is 149 cm³/mol. The number of aromatic nitrogens is 1. The fourth-order valence-corrected chi connectivity index (χ4v) is 4.19. The van der Waals surface area contributed by atoms with Crippen molar-refractivity contribution >= 4 is 17.7 Å². The van der Waals surface area contributed by atoms with E-state index in [0.29, 0.717) is 5.69 Å². The first-order valence-electron chi connectivity index (χ1n) is 12.4. The summed E-state index contributed by atoms with van der Waals surface area (Å²) in [5, 5.41) is 5.78. The van der Waals surface area contributed by atoms with Crippen LogP contribution in [0, 0.1) is 0 Å². The predicted octanol–water partition coefficient (Wildman–Crippen LogP) is 5.71. The number of hydrogen-bond acceptors (Lipinski definition) is 4. The monoisotopic (exact) mass is 509 g/mol. The van der Waals surface area contributed by atoms with Crippen molar-refractivity contribution in [2.45, 2.75) is 38.3 Å². The van der Waals surface area contributed by atoms with Gasteiger partial charge < -0.3 is 20.4 Å². The Hall–Kier alpha value is -4.65. The third-order valence-corrected chi connectivity index (χ3v) is 5.88. The van der Waals surface area contributed by atoms with Crippen LogP contribution in [0.2, 0.25) is 0 Å². The molecular weight excluding hydrogens is 478 g/mol. The van der Waals surface area contributed by atoms with Crippen LogP contribution in [-0.4, -0.2) is 28.6 Å². The van der Waals surface area contributed by atoms with Crippen molar-refractivity contribution in [3.63, 3.8) is 0 Å². The number of ether oxygens (including phenoxy) is 1. The van der Waals surface area contributed by atoms with E-state index in [1.165, 1.54) is 6.07 Å². The van der Waals surface area contributed by atoms with Crippen LogP contribution in [-0.2, 0) is 9.53 Å². The van der Waals surface area contributed by atoms with Crippen LogP contribution < -0.4 is 16.2 Å². The molecule has 0 fully saturated rings. The van der Waals surface area contributed by atoms with Crippen molar-refractivity contribution < 1.29 is 14.3 Å². The third-order valence-electron chi connectivity index (χ3n) is 5.88. The summed E-state index contributed by atoms with van der Waals surface area (Å²) in [5.41, 5.74) is 3.16. The molecule has 4 aromatic rings. The Morgan fingerprint density at radius 2 is 1.32 bits per heavy atom. The maximum absolute atomic E-state index is 13.8. The molecule has 0 spiro atoms. The first-order valence-corrected chi connectivity index (χ1v) is 12.4. The smallest absolute Gasteiger partial charge is 0.408 e. The van der Waals surface area contributed by atoms with Gasteiger partial charge in [-0.2, -0.15) is 0 Å². The number of nitrogens with one attached hydrogen (secondary N) is 3. The van der Waals surface area contributed by atoms with E-state index in [1.54, 1.807) is 45.2 Å². The number of aromatic amines is 1. The van der Waals surface area contributed by atoms with Crippen LogP contribution in [0.15, 0.2) is 108 Å². The zero-order valence-electron chi connectivity index (χ0n) is 21.6. The molecule has 0 unspecified atom stereocenters. The highest BCUT2D eigenvalue weighted by Crippen LogP contribution is 2.30. The molecular formula is C31H31N3O4.